The molecule has 1 atom stereocenters. The van der Waals surface area contributed by atoms with Crippen LogP contribution in [-0.2, 0) is 9.59 Å². The van der Waals surface area contributed by atoms with Crippen LogP contribution in [0.25, 0.3) is 0 Å². The van der Waals surface area contributed by atoms with E-state index in [0.717, 1.165) is 0 Å². The SMILES string of the molecule is CCNc1cc(N2CC(=O)NC(=O)C2C)cc([N+](=O)[O-])c1. The molecule has 0 bridgehead atoms. The molecule has 8 nitrogen and oxygen atoms in total. The van der Waals surface area contributed by atoms with Gasteiger partial charge in [0.2, 0.25) is 11.8 Å². The molecule has 1 aliphatic heterocycles. The second-order valence-electron chi connectivity index (χ2n) is 4.74. The first-order valence-corrected chi connectivity index (χ1v) is 6.56. The van der Waals surface area contributed by atoms with E-state index >= 15 is 0 Å². The van der Waals surface area contributed by atoms with E-state index in [0.29, 0.717) is 17.9 Å². The second-order valence-corrected chi connectivity index (χ2v) is 4.74. The molecule has 1 aromatic rings. The Balaban J connectivity index is 2.43. The van der Waals surface area contributed by atoms with Crippen LogP contribution in [-0.4, -0.2) is 35.9 Å². The minimum absolute atomic E-state index is 0.0142. The van der Waals surface area contributed by atoms with Gasteiger partial charge in [-0.05, 0) is 19.9 Å². The van der Waals surface area contributed by atoms with Crippen LogP contribution in [0.3, 0.4) is 0 Å². The maximum absolute atomic E-state index is 11.7. The summed E-state index contributed by atoms with van der Waals surface area (Å²) in [5, 5.41) is 16.3. The highest BCUT2D eigenvalue weighted by atomic mass is 16.6. The van der Waals surface area contributed by atoms with Crippen molar-refractivity contribution >= 4 is 28.9 Å². The fourth-order valence-electron chi connectivity index (χ4n) is 2.20. The third kappa shape index (κ3) is 3.10. The molecule has 21 heavy (non-hydrogen) atoms. The zero-order valence-corrected chi connectivity index (χ0v) is 11.8. The molecule has 1 unspecified atom stereocenters. The van der Waals surface area contributed by atoms with Crippen molar-refractivity contribution in [3.63, 3.8) is 0 Å². The molecule has 0 aliphatic carbocycles. The molecule has 112 valence electrons. The van der Waals surface area contributed by atoms with Crippen molar-refractivity contribution in [1.82, 2.24) is 5.32 Å². The average Bonchev–Trinajstić information content (AvgIpc) is 2.42. The summed E-state index contributed by atoms with van der Waals surface area (Å²) >= 11 is 0. The van der Waals surface area contributed by atoms with Gasteiger partial charge in [0.25, 0.3) is 5.69 Å². The van der Waals surface area contributed by atoms with E-state index in [4.69, 9.17) is 0 Å². The number of hydrogen-bond acceptors (Lipinski definition) is 6. The lowest BCUT2D eigenvalue weighted by Gasteiger charge is -2.33. The van der Waals surface area contributed by atoms with Gasteiger partial charge in [-0.3, -0.25) is 25.0 Å². The smallest absolute Gasteiger partial charge is 0.273 e. The summed E-state index contributed by atoms with van der Waals surface area (Å²) in [6, 6.07) is 3.91. The van der Waals surface area contributed by atoms with Gasteiger partial charge < -0.3 is 10.2 Å². The summed E-state index contributed by atoms with van der Waals surface area (Å²) in [5.74, 6) is -0.836. The van der Waals surface area contributed by atoms with E-state index in [1.165, 1.54) is 12.1 Å². The number of carbonyl (C=O) groups excluding carboxylic acids is 2. The first-order chi connectivity index (χ1) is 9.92. The Morgan fingerprint density at radius 3 is 2.76 bits per heavy atom. The maximum atomic E-state index is 11.7. The Labute approximate surface area is 121 Å². The number of nitro groups is 1. The molecule has 1 aliphatic rings. The number of hydrogen-bond donors (Lipinski definition) is 2. The predicted octanol–water partition coefficient (Wildman–Crippen LogP) is 0.878. The van der Waals surface area contributed by atoms with Crippen molar-refractivity contribution in [3.05, 3.63) is 28.3 Å². The number of carbonyl (C=O) groups is 2. The normalized spacial score (nSPS) is 18.4. The summed E-state index contributed by atoms with van der Waals surface area (Å²) in [6.07, 6.45) is 0. The van der Waals surface area contributed by atoms with Crippen molar-refractivity contribution in [1.29, 1.82) is 0 Å². The minimum Gasteiger partial charge on any atom is -0.385 e. The van der Waals surface area contributed by atoms with Gasteiger partial charge in [0, 0.05) is 30.1 Å². The molecule has 0 radical (unpaired) electrons. The fraction of sp³-hybridized carbons (Fsp3) is 0.385. The summed E-state index contributed by atoms with van der Waals surface area (Å²) in [7, 11) is 0. The van der Waals surface area contributed by atoms with Crippen LogP contribution in [0.15, 0.2) is 18.2 Å². The molecule has 0 spiro atoms. The molecule has 1 saturated heterocycles. The van der Waals surface area contributed by atoms with Crippen LogP contribution in [0.4, 0.5) is 17.1 Å². The van der Waals surface area contributed by atoms with Crippen LogP contribution >= 0.6 is 0 Å². The van der Waals surface area contributed by atoms with Crippen LogP contribution < -0.4 is 15.5 Å². The summed E-state index contributed by atoms with van der Waals surface area (Å²) in [6.45, 7) is 4.11. The molecule has 0 saturated carbocycles. The maximum Gasteiger partial charge on any atom is 0.273 e. The van der Waals surface area contributed by atoms with Gasteiger partial charge in [-0.15, -0.1) is 0 Å². The Morgan fingerprint density at radius 1 is 1.43 bits per heavy atom. The van der Waals surface area contributed by atoms with Gasteiger partial charge in [0.05, 0.1) is 11.5 Å². The van der Waals surface area contributed by atoms with Crippen LogP contribution in [0.2, 0.25) is 0 Å². The van der Waals surface area contributed by atoms with Crippen LogP contribution in [0, 0.1) is 10.1 Å². The first kappa shape index (κ1) is 14.8. The number of nitro benzene ring substituents is 1. The molecule has 0 aromatic heterocycles. The predicted molar refractivity (Wildman–Crippen MR) is 77.2 cm³/mol. The average molecular weight is 292 g/mol. The van der Waals surface area contributed by atoms with E-state index < -0.39 is 22.8 Å². The van der Waals surface area contributed by atoms with Crippen molar-refractivity contribution in [3.8, 4) is 0 Å². The van der Waals surface area contributed by atoms with Crippen molar-refractivity contribution in [2.24, 2.45) is 0 Å². The second kappa shape index (κ2) is 5.78. The number of imide groups is 1. The Morgan fingerprint density at radius 2 is 2.14 bits per heavy atom. The number of amides is 2. The van der Waals surface area contributed by atoms with Crippen LogP contribution in [0.5, 0.6) is 0 Å². The number of non-ortho nitro benzene ring substituents is 1. The monoisotopic (exact) mass is 292 g/mol. The largest absolute Gasteiger partial charge is 0.385 e. The highest BCUT2D eigenvalue weighted by Gasteiger charge is 2.31. The molecule has 8 heteroatoms. The van der Waals surface area contributed by atoms with E-state index in [9.17, 15) is 19.7 Å². The van der Waals surface area contributed by atoms with Gasteiger partial charge in [-0.2, -0.15) is 0 Å². The number of anilines is 2. The zero-order valence-electron chi connectivity index (χ0n) is 11.8. The summed E-state index contributed by atoms with van der Waals surface area (Å²) in [4.78, 5) is 35.3. The Kier molecular flexibility index (Phi) is 4.06. The van der Waals surface area contributed by atoms with E-state index in [1.807, 2.05) is 6.92 Å². The summed E-state index contributed by atoms with van der Waals surface area (Å²) in [5.41, 5.74) is 0.956. The highest BCUT2D eigenvalue weighted by Crippen LogP contribution is 2.29. The molecule has 2 rings (SSSR count). The van der Waals surface area contributed by atoms with Gasteiger partial charge in [0.1, 0.15) is 6.04 Å². The van der Waals surface area contributed by atoms with Crippen molar-refractivity contribution in [2.45, 2.75) is 19.9 Å². The van der Waals surface area contributed by atoms with Crippen molar-refractivity contribution in [2.75, 3.05) is 23.3 Å². The standard InChI is InChI=1S/C13H16N4O4/c1-3-14-9-4-10(6-11(5-9)17(20)21)16-7-12(18)15-13(19)8(16)2/h4-6,8,14H,3,7H2,1-2H3,(H,15,18,19). The number of piperazine rings is 1. The number of rotatable bonds is 4. The number of nitrogens with one attached hydrogen (secondary N) is 2. The topological polar surface area (TPSA) is 105 Å². The lowest BCUT2D eigenvalue weighted by molar-refractivity contribution is -0.384. The van der Waals surface area contributed by atoms with E-state index in [-0.39, 0.29) is 12.2 Å². The lowest BCUT2D eigenvalue weighted by atomic mass is 10.1. The molecule has 1 fully saturated rings. The van der Waals surface area contributed by atoms with E-state index in [2.05, 4.69) is 10.6 Å². The molecule has 2 amide bonds. The van der Waals surface area contributed by atoms with Gasteiger partial charge in [-0.25, -0.2) is 0 Å². The Hall–Kier alpha value is -2.64. The third-order valence-electron chi connectivity index (χ3n) is 3.25. The first-order valence-electron chi connectivity index (χ1n) is 6.56. The molecule has 1 aromatic carbocycles. The van der Waals surface area contributed by atoms with E-state index in [1.54, 1.807) is 17.9 Å². The number of benzene rings is 1. The number of nitrogens with zero attached hydrogens (tertiary/aromatic N) is 2. The Bertz CT molecular complexity index is 602. The van der Waals surface area contributed by atoms with Crippen molar-refractivity contribution < 1.29 is 14.5 Å². The third-order valence-corrected chi connectivity index (χ3v) is 3.25. The highest BCUT2D eigenvalue weighted by molar-refractivity contribution is 6.04. The van der Waals surface area contributed by atoms with Crippen LogP contribution in [0.1, 0.15) is 13.8 Å². The van der Waals surface area contributed by atoms with Gasteiger partial charge in [-0.1, -0.05) is 0 Å². The minimum atomic E-state index is -0.570. The lowest BCUT2D eigenvalue weighted by Crippen LogP contribution is -2.57. The molecule has 2 N–H and O–H groups in total. The summed E-state index contributed by atoms with van der Waals surface area (Å²) < 4.78 is 0. The van der Waals surface area contributed by atoms with Gasteiger partial charge >= 0.3 is 0 Å². The van der Waals surface area contributed by atoms with Gasteiger partial charge in [0.15, 0.2) is 0 Å². The molecule has 1 heterocycles. The zero-order chi connectivity index (χ0) is 15.6. The fourth-order valence-corrected chi connectivity index (χ4v) is 2.20. The quantitative estimate of drug-likeness (QED) is 0.485. The molecular weight excluding hydrogens is 276 g/mol. The molecular formula is C13H16N4O4.